The van der Waals surface area contributed by atoms with E-state index in [0.29, 0.717) is 19.8 Å². The van der Waals surface area contributed by atoms with Crippen LogP contribution in [0.25, 0.3) is 0 Å². The molecule has 1 unspecified atom stereocenters. The lowest BCUT2D eigenvalue weighted by Gasteiger charge is -2.28. The van der Waals surface area contributed by atoms with Gasteiger partial charge < -0.3 is 15.2 Å². The predicted octanol–water partition coefficient (Wildman–Crippen LogP) is 1.89. The Morgan fingerprint density at radius 3 is 2.68 bits per heavy atom. The maximum atomic E-state index is 13.4. The van der Waals surface area contributed by atoms with E-state index in [-0.39, 0.29) is 17.5 Å². The minimum atomic E-state index is -0.372. The molecule has 0 radical (unpaired) electrons. The molecule has 1 aromatic carbocycles. The van der Waals surface area contributed by atoms with Crippen LogP contribution in [0.3, 0.4) is 0 Å². The van der Waals surface area contributed by atoms with E-state index in [1.807, 2.05) is 6.07 Å². The van der Waals surface area contributed by atoms with Crippen molar-refractivity contribution in [3.63, 3.8) is 0 Å². The van der Waals surface area contributed by atoms with Crippen molar-refractivity contribution in [1.82, 2.24) is 4.90 Å². The van der Waals surface area contributed by atoms with E-state index in [1.165, 1.54) is 6.07 Å². The highest BCUT2D eigenvalue weighted by Gasteiger charge is 2.16. The zero-order valence-corrected chi connectivity index (χ0v) is 11.9. The van der Waals surface area contributed by atoms with Crippen LogP contribution >= 0.6 is 0 Å². The lowest BCUT2D eigenvalue weighted by atomic mass is 10.1. The molecule has 2 N–H and O–H groups in total. The van der Waals surface area contributed by atoms with Crippen molar-refractivity contribution >= 4 is 5.69 Å². The second kappa shape index (κ2) is 8.09. The molecule has 0 saturated heterocycles. The molecular weight excluding hydrogens is 247 g/mol. The maximum Gasteiger partial charge on any atom is 0.146 e. The smallest absolute Gasteiger partial charge is 0.146 e. The maximum absolute atomic E-state index is 13.4. The van der Waals surface area contributed by atoms with Gasteiger partial charge in [-0.15, -0.1) is 0 Å². The van der Waals surface area contributed by atoms with E-state index < -0.39 is 0 Å². The number of hydrogen-bond acceptors (Lipinski definition) is 4. The first-order valence-corrected chi connectivity index (χ1v) is 6.35. The van der Waals surface area contributed by atoms with E-state index in [4.69, 9.17) is 15.2 Å². The van der Waals surface area contributed by atoms with Gasteiger partial charge in [0.05, 0.1) is 18.9 Å². The molecule has 0 saturated carbocycles. The molecule has 1 aromatic rings. The number of hydrogen-bond donors (Lipinski definition) is 1. The van der Waals surface area contributed by atoms with Crippen molar-refractivity contribution in [1.29, 1.82) is 0 Å². The normalized spacial score (nSPS) is 12.9. The molecule has 0 heterocycles. The number of nitrogen functional groups attached to an aromatic ring is 1. The summed E-state index contributed by atoms with van der Waals surface area (Å²) in [5.41, 5.74) is 6.78. The lowest BCUT2D eigenvalue weighted by molar-refractivity contribution is 0.0706. The standard InChI is InChI=1S/C14H23FN2O2/c1-11(10-19-3)17(7-8-18-2)9-12-5-4-6-13(15)14(12)16/h4-6,11H,7-10,16H2,1-3H3. The molecule has 19 heavy (non-hydrogen) atoms. The first-order chi connectivity index (χ1) is 9.10. The van der Waals surface area contributed by atoms with Crippen LogP contribution in [0.1, 0.15) is 12.5 Å². The quantitative estimate of drug-likeness (QED) is 0.733. The molecule has 1 atom stereocenters. The van der Waals surface area contributed by atoms with Crippen LogP contribution in [0.4, 0.5) is 10.1 Å². The van der Waals surface area contributed by atoms with E-state index in [9.17, 15) is 4.39 Å². The van der Waals surface area contributed by atoms with Crippen LogP contribution in [-0.4, -0.2) is 44.9 Å². The van der Waals surface area contributed by atoms with Crippen LogP contribution in [0.2, 0.25) is 0 Å². The van der Waals surface area contributed by atoms with Crippen LogP contribution in [0.5, 0.6) is 0 Å². The van der Waals surface area contributed by atoms with Gasteiger partial charge in [0, 0.05) is 33.4 Å². The van der Waals surface area contributed by atoms with Crippen molar-refractivity contribution in [2.75, 3.05) is 39.7 Å². The van der Waals surface area contributed by atoms with Crippen molar-refractivity contribution in [2.24, 2.45) is 0 Å². The number of nitrogens with two attached hydrogens (primary N) is 1. The number of ether oxygens (including phenoxy) is 2. The minimum Gasteiger partial charge on any atom is -0.396 e. The number of methoxy groups -OCH3 is 2. The number of rotatable bonds is 8. The second-order valence-corrected chi connectivity index (χ2v) is 4.58. The molecule has 0 aliphatic rings. The summed E-state index contributed by atoms with van der Waals surface area (Å²) in [5, 5.41) is 0. The first kappa shape index (κ1) is 15.9. The monoisotopic (exact) mass is 270 g/mol. The SMILES string of the molecule is COCCN(Cc1cccc(F)c1N)C(C)COC. The fraction of sp³-hybridized carbons (Fsp3) is 0.571. The van der Waals surface area contributed by atoms with Crippen LogP contribution in [-0.2, 0) is 16.0 Å². The highest BCUT2D eigenvalue weighted by molar-refractivity contribution is 5.47. The molecular formula is C14H23FN2O2. The third kappa shape index (κ3) is 4.78. The average Bonchev–Trinajstić information content (AvgIpc) is 2.39. The van der Waals surface area contributed by atoms with Gasteiger partial charge in [-0.2, -0.15) is 0 Å². The number of anilines is 1. The Hall–Kier alpha value is -1.17. The largest absolute Gasteiger partial charge is 0.396 e. The predicted molar refractivity (Wildman–Crippen MR) is 74.4 cm³/mol. The Kier molecular flexibility index (Phi) is 6.77. The third-order valence-electron chi connectivity index (χ3n) is 3.13. The van der Waals surface area contributed by atoms with E-state index in [1.54, 1.807) is 20.3 Å². The lowest BCUT2D eigenvalue weighted by Crippen LogP contribution is -2.38. The molecule has 108 valence electrons. The molecule has 5 heteroatoms. The Bertz CT molecular complexity index is 388. The Balaban J connectivity index is 2.78. The van der Waals surface area contributed by atoms with E-state index in [0.717, 1.165) is 12.1 Å². The second-order valence-electron chi connectivity index (χ2n) is 4.58. The van der Waals surface area contributed by atoms with Crippen LogP contribution in [0, 0.1) is 5.82 Å². The van der Waals surface area contributed by atoms with Gasteiger partial charge in [-0.05, 0) is 18.6 Å². The highest BCUT2D eigenvalue weighted by atomic mass is 19.1. The highest BCUT2D eigenvalue weighted by Crippen LogP contribution is 2.18. The fourth-order valence-electron chi connectivity index (χ4n) is 1.95. The van der Waals surface area contributed by atoms with Crippen LogP contribution in [0.15, 0.2) is 18.2 Å². The van der Waals surface area contributed by atoms with Gasteiger partial charge in [0.25, 0.3) is 0 Å². The molecule has 0 aliphatic carbocycles. The molecule has 0 amide bonds. The van der Waals surface area contributed by atoms with E-state index in [2.05, 4.69) is 11.8 Å². The summed E-state index contributed by atoms with van der Waals surface area (Å²) in [4.78, 5) is 2.16. The molecule has 0 aromatic heterocycles. The number of benzene rings is 1. The van der Waals surface area contributed by atoms with Gasteiger partial charge in [-0.3, -0.25) is 4.90 Å². The zero-order valence-electron chi connectivity index (χ0n) is 11.9. The van der Waals surface area contributed by atoms with Gasteiger partial charge >= 0.3 is 0 Å². The summed E-state index contributed by atoms with van der Waals surface area (Å²) in [6, 6.07) is 5.10. The summed E-state index contributed by atoms with van der Waals surface area (Å²) in [6.07, 6.45) is 0. The molecule has 1 rings (SSSR count). The third-order valence-corrected chi connectivity index (χ3v) is 3.13. The topological polar surface area (TPSA) is 47.7 Å². The van der Waals surface area contributed by atoms with Crippen molar-refractivity contribution in [2.45, 2.75) is 19.5 Å². The van der Waals surface area contributed by atoms with Gasteiger partial charge in [0.15, 0.2) is 0 Å². The van der Waals surface area contributed by atoms with Gasteiger partial charge in [-0.1, -0.05) is 12.1 Å². The van der Waals surface area contributed by atoms with Gasteiger partial charge in [0.2, 0.25) is 0 Å². The van der Waals surface area contributed by atoms with E-state index >= 15 is 0 Å². The first-order valence-electron chi connectivity index (χ1n) is 6.35. The number of para-hydroxylation sites is 1. The Labute approximate surface area is 114 Å². The molecule has 0 bridgehead atoms. The minimum absolute atomic E-state index is 0.211. The van der Waals surface area contributed by atoms with Crippen molar-refractivity contribution < 1.29 is 13.9 Å². The average molecular weight is 270 g/mol. The summed E-state index contributed by atoms with van der Waals surface area (Å²) >= 11 is 0. The molecule has 4 nitrogen and oxygen atoms in total. The van der Waals surface area contributed by atoms with Crippen molar-refractivity contribution in [3.05, 3.63) is 29.6 Å². The van der Waals surface area contributed by atoms with Crippen molar-refractivity contribution in [3.8, 4) is 0 Å². The zero-order chi connectivity index (χ0) is 14.3. The molecule has 0 spiro atoms. The number of nitrogens with zero attached hydrogens (tertiary/aromatic N) is 1. The van der Waals surface area contributed by atoms with Gasteiger partial charge in [0.1, 0.15) is 5.82 Å². The van der Waals surface area contributed by atoms with Crippen LogP contribution < -0.4 is 5.73 Å². The molecule has 0 aliphatic heterocycles. The summed E-state index contributed by atoms with van der Waals surface area (Å²) in [6.45, 7) is 4.62. The summed E-state index contributed by atoms with van der Waals surface area (Å²) in [7, 11) is 3.33. The summed E-state index contributed by atoms with van der Waals surface area (Å²) < 4.78 is 23.7. The Morgan fingerprint density at radius 2 is 2.05 bits per heavy atom. The van der Waals surface area contributed by atoms with Gasteiger partial charge in [-0.25, -0.2) is 4.39 Å². The number of halogens is 1. The summed E-state index contributed by atoms with van der Waals surface area (Å²) in [5.74, 6) is -0.372. The molecule has 0 fully saturated rings. The Morgan fingerprint density at radius 1 is 1.32 bits per heavy atom. The fourth-order valence-corrected chi connectivity index (χ4v) is 1.95.